The van der Waals surface area contributed by atoms with Gasteiger partial charge in [0.1, 0.15) is 12.1 Å². The predicted molar refractivity (Wildman–Crippen MR) is 91.9 cm³/mol. The number of likely N-dealkylation sites (tertiary alicyclic amines) is 1. The van der Waals surface area contributed by atoms with Crippen LogP contribution in [0.2, 0.25) is 0 Å². The van der Waals surface area contributed by atoms with Crippen LogP contribution < -0.4 is 10.6 Å². The van der Waals surface area contributed by atoms with Gasteiger partial charge in [-0.25, -0.2) is 4.79 Å². The Labute approximate surface area is 148 Å². The van der Waals surface area contributed by atoms with Crippen molar-refractivity contribution in [2.45, 2.75) is 63.6 Å². The number of urea groups is 1. The monoisotopic (exact) mass is 358 g/mol. The van der Waals surface area contributed by atoms with E-state index in [1.54, 1.807) is 4.90 Å². The first-order valence-corrected chi connectivity index (χ1v) is 8.67. The average molecular weight is 359 g/mol. The highest BCUT2D eigenvalue weighted by Crippen LogP contribution is 2.25. The lowest BCUT2D eigenvalue weighted by Gasteiger charge is -2.26. The van der Waals surface area contributed by atoms with Crippen molar-refractivity contribution in [3.05, 3.63) is 0 Å². The highest BCUT2D eigenvalue weighted by Gasteiger charge is 2.49. The fourth-order valence-corrected chi connectivity index (χ4v) is 3.95. The molecule has 136 valence electrons. The Morgan fingerprint density at radius 3 is 2.46 bits per heavy atom. The molecule has 0 aromatic rings. The van der Waals surface area contributed by atoms with Gasteiger partial charge in [0.15, 0.2) is 0 Å². The van der Waals surface area contributed by atoms with Gasteiger partial charge in [0.05, 0.1) is 0 Å². The van der Waals surface area contributed by atoms with Gasteiger partial charge in [-0.2, -0.15) is 0 Å². The summed E-state index contributed by atoms with van der Waals surface area (Å²) in [6.45, 7) is 4.98. The Balaban J connectivity index is 0.00000208. The Kier molecular flexibility index (Phi) is 5.75. The van der Waals surface area contributed by atoms with Crippen molar-refractivity contribution in [1.82, 2.24) is 20.4 Å². The first kappa shape index (κ1) is 19.0. The second kappa shape index (κ2) is 7.27. The maximum Gasteiger partial charge on any atom is 0.325 e. The molecule has 3 rings (SSSR count). The molecule has 0 aromatic heterocycles. The third kappa shape index (κ3) is 3.24. The summed E-state index contributed by atoms with van der Waals surface area (Å²) in [6, 6.07) is 0.406. The maximum absolute atomic E-state index is 12.6. The smallest absolute Gasteiger partial charge is 0.325 e. The quantitative estimate of drug-likeness (QED) is 0.731. The van der Waals surface area contributed by atoms with Crippen LogP contribution in [0.5, 0.6) is 0 Å². The molecule has 3 aliphatic heterocycles. The normalized spacial score (nSPS) is 28.4. The molecular weight excluding hydrogens is 332 g/mol. The molecule has 24 heavy (non-hydrogen) atoms. The number of carbonyl (C=O) groups excluding carboxylic acids is 3. The minimum Gasteiger partial charge on any atom is -0.340 e. The number of nitrogens with one attached hydrogen (secondary N) is 2. The molecule has 3 heterocycles. The van der Waals surface area contributed by atoms with Crippen LogP contribution in [0.25, 0.3) is 0 Å². The topological polar surface area (TPSA) is 81.8 Å². The minimum atomic E-state index is -0.837. The zero-order valence-corrected chi connectivity index (χ0v) is 15.2. The Morgan fingerprint density at radius 2 is 1.83 bits per heavy atom. The number of rotatable bonds is 4. The zero-order chi connectivity index (χ0) is 16.6. The summed E-state index contributed by atoms with van der Waals surface area (Å²) < 4.78 is 0. The molecule has 7 nitrogen and oxygen atoms in total. The summed E-state index contributed by atoms with van der Waals surface area (Å²) in [6.07, 6.45) is 4.28. The minimum absolute atomic E-state index is 0. The van der Waals surface area contributed by atoms with Crippen molar-refractivity contribution in [3.63, 3.8) is 0 Å². The molecule has 0 radical (unpaired) electrons. The summed E-state index contributed by atoms with van der Waals surface area (Å²) in [4.78, 5) is 40.2. The molecule has 2 unspecified atom stereocenters. The van der Waals surface area contributed by atoms with Gasteiger partial charge >= 0.3 is 6.03 Å². The van der Waals surface area contributed by atoms with Gasteiger partial charge in [-0.05, 0) is 32.1 Å². The molecule has 0 spiro atoms. The van der Waals surface area contributed by atoms with Crippen LogP contribution in [0.15, 0.2) is 0 Å². The summed E-state index contributed by atoms with van der Waals surface area (Å²) in [5.74, 6) is -0.402. The molecule has 4 amide bonds. The largest absolute Gasteiger partial charge is 0.340 e. The number of hydrogen-bond donors (Lipinski definition) is 2. The maximum atomic E-state index is 12.6. The predicted octanol–water partition coefficient (Wildman–Crippen LogP) is 0.872. The van der Waals surface area contributed by atoms with Crippen LogP contribution in [-0.4, -0.2) is 64.9 Å². The number of imide groups is 1. The highest BCUT2D eigenvalue weighted by molar-refractivity contribution is 6.08. The molecular formula is C16H27ClN4O3. The molecule has 3 saturated heterocycles. The Hall–Kier alpha value is -1.34. The second-order valence-electron chi connectivity index (χ2n) is 6.88. The van der Waals surface area contributed by atoms with Gasteiger partial charge in [-0.15, -0.1) is 12.4 Å². The van der Waals surface area contributed by atoms with Gasteiger partial charge in [-0.3, -0.25) is 14.5 Å². The van der Waals surface area contributed by atoms with Gasteiger partial charge in [0.25, 0.3) is 5.91 Å². The van der Waals surface area contributed by atoms with Gasteiger partial charge < -0.3 is 15.5 Å². The Bertz CT molecular complexity index is 523. The highest BCUT2D eigenvalue weighted by atomic mass is 35.5. The average Bonchev–Trinajstić information content (AvgIpc) is 2.98. The lowest BCUT2D eigenvalue weighted by molar-refractivity contribution is -0.139. The molecule has 0 aromatic carbocycles. The first-order valence-electron chi connectivity index (χ1n) is 8.67. The fraction of sp³-hybridized carbons (Fsp3) is 0.812. The number of nitrogens with zero attached hydrogens (tertiary/aromatic N) is 2. The molecule has 3 aliphatic rings. The molecule has 3 fully saturated rings. The van der Waals surface area contributed by atoms with E-state index in [1.165, 1.54) is 6.42 Å². The van der Waals surface area contributed by atoms with Crippen molar-refractivity contribution in [2.75, 3.05) is 19.6 Å². The number of hydrogen-bond acceptors (Lipinski definition) is 4. The third-order valence-electron chi connectivity index (χ3n) is 5.62. The van der Waals surface area contributed by atoms with Crippen molar-refractivity contribution in [3.8, 4) is 0 Å². The van der Waals surface area contributed by atoms with E-state index in [9.17, 15) is 14.4 Å². The van der Waals surface area contributed by atoms with Crippen LogP contribution in [-0.2, 0) is 9.59 Å². The van der Waals surface area contributed by atoms with Crippen LogP contribution >= 0.6 is 12.4 Å². The summed E-state index contributed by atoms with van der Waals surface area (Å²) in [7, 11) is 0. The van der Waals surface area contributed by atoms with E-state index in [2.05, 4.69) is 10.6 Å². The van der Waals surface area contributed by atoms with E-state index in [1.807, 2.05) is 13.8 Å². The lowest BCUT2D eigenvalue weighted by atomic mass is 9.93. The van der Waals surface area contributed by atoms with Crippen molar-refractivity contribution < 1.29 is 14.4 Å². The molecule has 0 saturated carbocycles. The SMILES string of the molecule is CCC1(CC)NC(=O)N(CC(=O)N2CCC3CCC(C2)N3)C1=O.Cl. The fourth-order valence-electron chi connectivity index (χ4n) is 3.95. The second-order valence-corrected chi connectivity index (χ2v) is 6.88. The van der Waals surface area contributed by atoms with E-state index in [0.717, 1.165) is 17.7 Å². The number of carbonyl (C=O) groups is 3. The molecule has 2 atom stereocenters. The van der Waals surface area contributed by atoms with Crippen LogP contribution in [0, 0.1) is 0 Å². The van der Waals surface area contributed by atoms with Crippen molar-refractivity contribution >= 4 is 30.3 Å². The lowest BCUT2D eigenvalue weighted by Crippen LogP contribution is -2.48. The van der Waals surface area contributed by atoms with Gasteiger partial charge in [0, 0.05) is 25.2 Å². The van der Waals surface area contributed by atoms with E-state index in [0.29, 0.717) is 38.0 Å². The van der Waals surface area contributed by atoms with E-state index >= 15 is 0 Å². The molecule has 8 heteroatoms. The van der Waals surface area contributed by atoms with Crippen LogP contribution in [0.3, 0.4) is 0 Å². The van der Waals surface area contributed by atoms with E-state index < -0.39 is 11.6 Å². The standard InChI is InChI=1S/C16H26N4O3.ClH/c1-3-16(4-2)14(22)20(15(23)18-16)10-13(21)19-8-7-11-5-6-12(9-19)17-11;/h11-12,17H,3-10H2,1-2H3,(H,18,23);1H. The van der Waals surface area contributed by atoms with Gasteiger partial charge in [0.2, 0.25) is 5.91 Å². The molecule has 2 N–H and O–H groups in total. The number of fused-ring (bicyclic) bond motifs is 2. The Morgan fingerprint density at radius 1 is 1.17 bits per heavy atom. The summed E-state index contributed by atoms with van der Waals surface area (Å²) >= 11 is 0. The summed E-state index contributed by atoms with van der Waals surface area (Å²) in [5, 5.41) is 6.30. The van der Waals surface area contributed by atoms with E-state index in [-0.39, 0.29) is 30.8 Å². The first-order chi connectivity index (χ1) is 11.0. The van der Waals surface area contributed by atoms with Crippen molar-refractivity contribution in [2.24, 2.45) is 0 Å². The van der Waals surface area contributed by atoms with Crippen LogP contribution in [0.1, 0.15) is 46.0 Å². The zero-order valence-electron chi connectivity index (χ0n) is 14.3. The van der Waals surface area contributed by atoms with E-state index in [4.69, 9.17) is 0 Å². The molecule has 2 bridgehead atoms. The molecule has 0 aliphatic carbocycles. The summed E-state index contributed by atoms with van der Waals surface area (Å²) in [5.41, 5.74) is -0.837. The van der Waals surface area contributed by atoms with Gasteiger partial charge in [-0.1, -0.05) is 13.8 Å². The number of amides is 4. The number of halogens is 1. The van der Waals surface area contributed by atoms with Crippen LogP contribution in [0.4, 0.5) is 4.79 Å². The third-order valence-corrected chi connectivity index (χ3v) is 5.62. The van der Waals surface area contributed by atoms with Crippen molar-refractivity contribution in [1.29, 1.82) is 0 Å².